The van der Waals surface area contributed by atoms with Crippen molar-refractivity contribution in [1.29, 1.82) is 5.26 Å². The SMILES string of the molecule is CC1(C)OCC(COc2ccc3c(c2)C(C)(C)c2[nH]c4c(C5CC5)c(C#N)ccc4c2C3=O)O1. The Morgan fingerprint density at radius 3 is 2.65 bits per heavy atom. The van der Waals surface area contributed by atoms with Gasteiger partial charge in [0.25, 0.3) is 0 Å². The summed E-state index contributed by atoms with van der Waals surface area (Å²) in [5.74, 6) is 0.529. The van der Waals surface area contributed by atoms with Gasteiger partial charge >= 0.3 is 0 Å². The number of H-pyrrole nitrogens is 1. The summed E-state index contributed by atoms with van der Waals surface area (Å²) in [6.07, 6.45) is 2.04. The monoisotopic (exact) mass is 456 g/mol. The summed E-state index contributed by atoms with van der Waals surface area (Å²) in [6, 6.07) is 11.9. The van der Waals surface area contributed by atoms with E-state index in [0.29, 0.717) is 36.0 Å². The first kappa shape index (κ1) is 21.4. The van der Waals surface area contributed by atoms with Gasteiger partial charge in [-0.25, -0.2) is 0 Å². The summed E-state index contributed by atoms with van der Waals surface area (Å²) < 4.78 is 17.5. The zero-order chi connectivity index (χ0) is 23.8. The van der Waals surface area contributed by atoms with Crippen molar-refractivity contribution in [2.75, 3.05) is 13.2 Å². The van der Waals surface area contributed by atoms with Gasteiger partial charge < -0.3 is 19.2 Å². The van der Waals surface area contributed by atoms with Crippen molar-refractivity contribution in [3.05, 3.63) is 63.8 Å². The molecule has 6 nitrogen and oxygen atoms in total. The molecule has 1 aliphatic heterocycles. The Balaban J connectivity index is 1.39. The topological polar surface area (TPSA) is 84.3 Å². The molecule has 1 N–H and O–H groups in total. The van der Waals surface area contributed by atoms with E-state index in [1.165, 1.54) is 0 Å². The molecule has 2 heterocycles. The second-order valence-electron chi connectivity index (χ2n) is 10.6. The fraction of sp³-hybridized carbons (Fsp3) is 0.429. The molecule has 2 aromatic carbocycles. The Labute approximate surface area is 198 Å². The molecule has 6 heteroatoms. The number of nitriles is 1. The maximum Gasteiger partial charge on any atom is 0.195 e. The molecule has 3 aromatic rings. The molecule has 0 bridgehead atoms. The number of nitrogens with zero attached hydrogens (tertiary/aromatic N) is 1. The van der Waals surface area contributed by atoms with Crippen molar-refractivity contribution in [2.45, 2.75) is 63.8 Å². The highest BCUT2D eigenvalue weighted by Gasteiger charge is 2.41. The molecule has 3 aliphatic rings. The largest absolute Gasteiger partial charge is 0.491 e. The molecule has 6 rings (SSSR count). The van der Waals surface area contributed by atoms with E-state index < -0.39 is 11.2 Å². The normalized spacial score (nSPS) is 22.3. The van der Waals surface area contributed by atoms with E-state index in [-0.39, 0.29) is 11.9 Å². The van der Waals surface area contributed by atoms with Crippen molar-refractivity contribution in [3.63, 3.8) is 0 Å². The summed E-state index contributed by atoms with van der Waals surface area (Å²) in [6.45, 7) is 8.94. The van der Waals surface area contributed by atoms with Gasteiger partial charge in [0.2, 0.25) is 0 Å². The Morgan fingerprint density at radius 2 is 1.97 bits per heavy atom. The average molecular weight is 457 g/mol. The van der Waals surface area contributed by atoms with E-state index >= 15 is 0 Å². The van der Waals surface area contributed by atoms with E-state index in [2.05, 4.69) is 24.9 Å². The summed E-state index contributed by atoms with van der Waals surface area (Å²) >= 11 is 0. The molecule has 34 heavy (non-hydrogen) atoms. The molecular formula is C28H28N2O4. The van der Waals surface area contributed by atoms with Crippen molar-refractivity contribution >= 4 is 16.7 Å². The molecule has 174 valence electrons. The molecule has 1 aromatic heterocycles. The summed E-state index contributed by atoms with van der Waals surface area (Å²) in [4.78, 5) is 17.3. The van der Waals surface area contributed by atoms with Gasteiger partial charge in [0, 0.05) is 22.1 Å². The maximum atomic E-state index is 13.7. The number of aromatic nitrogens is 1. The molecule has 1 saturated heterocycles. The molecule has 2 fully saturated rings. The fourth-order valence-electron chi connectivity index (χ4n) is 5.51. The van der Waals surface area contributed by atoms with Crippen LogP contribution in [0, 0.1) is 11.3 Å². The lowest BCUT2D eigenvalue weighted by atomic mass is 9.71. The van der Waals surface area contributed by atoms with Crippen LogP contribution in [0.4, 0.5) is 0 Å². The van der Waals surface area contributed by atoms with Gasteiger partial charge in [0.15, 0.2) is 11.6 Å². The quantitative estimate of drug-likeness (QED) is 0.575. The molecule has 1 unspecified atom stereocenters. The van der Waals surface area contributed by atoms with Gasteiger partial charge in [-0.05, 0) is 68.0 Å². The first-order valence-corrected chi connectivity index (χ1v) is 11.9. The number of rotatable bonds is 4. The number of hydrogen-bond donors (Lipinski definition) is 1. The number of benzene rings is 2. The minimum Gasteiger partial charge on any atom is -0.491 e. The Bertz CT molecular complexity index is 1390. The first-order chi connectivity index (χ1) is 16.2. The summed E-state index contributed by atoms with van der Waals surface area (Å²) in [5.41, 5.74) is 5.55. The predicted octanol–water partition coefficient (Wildman–Crippen LogP) is 5.32. The van der Waals surface area contributed by atoms with Crippen molar-refractivity contribution in [3.8, 4) is 11.8 Å². The molecular weight excluding hydrogens is 428 g/mol. The van der Waals surface area contributed by atoms with Crippen LogP contribution in [0.15, 0.2) is 30.3 Å². The molecule has 0 spiro atoms. The lowest BCUT2D eigenvalue weighted by Gasteiger charge is -2.32. The number of hydrogen-bond acceptors (Lipinski definition) is 5. The lowest BCUT2D eigenvalue weighted by Crippen LogP contribution is -2.30. The molecule has 2 aliphatic carbocycles. The number of carbonyl (C=O) groups excluding carboxylic acids is 1. The zero-order valence-electron chi connectivity index (χ0n) is 20.0. The highest BCUT2D eigenvalue weighted by Crippen LogP contribution is 2.49. The lowest BCUT2D eigenvalue weighted by molar-refractivity contribution is -0.141. The highest BCUT2D eigenvalue weighted by atomic mass is 16.7. The van der Waals surface area contributed by atoms with Crippen LogP contribution in [0.25, 0.3) is 10.9 Å². The van der Waals surface area contributed by atoms with Gasteiger partial charge in [-0.3, -0.25) is 4.79 Å². The third-order valence-corrected chi connectivity index (χ3v) is 7.39. The molecule has 0 amide bonds. The predicted molar refractivity (Wildman–Crippen MR) is 127 cm³/mol. The third-order valence-electron chi connectivity index (χ3n) is 7.39. The minimum absolute atomic E-state index is 0.0165. The zero-order valence-corrected chi connectivity index (χ0v) is 20.0. The van der Waals surface area contributed by atoms with Crippen LogP contribution in [-0.4, -0.2) is 35.9 Å². The van der Waals surface area contributed by atoms with E-state index in [1.54, 1.807) is 0 Å². The van der Waals surface area contributed by atoms with Crippen LogP contribution in [0.5, 0.6) is 5.75 Å². The number of nitrogens with one attached hydrogen (secondary N) is 1. The molecule has 1 saturated carbocycles. The van der Waals surface area contributed by atoms with Gasteiger partial charge in [-0.15, -0.1) is 0 Å². The summed E-state index contributed by atoms with van der Waals surface area (Å²) in [5, 5.41) is 10.6. The van der Waals surface area contributed by atoms with E-state index in [9.17, 15) is 10.1 Å². The van der Waals surface area contributed by atoms with Gasteiger partial charge in [-0.1, -0.05) is 19.9 Å². The van der Waals surface area contributed by atoms with Crippen LogP contribution in [0.2, 0.25) is 0 Å². The Kier molecular flexibility index (Phi) is 4.52. The van der Waals surface area contributed by atoms with Crippen molar-refractivity contribution < 1.29 is 19.0 Å². The third kappa shape index (κ3) is 3.19. The van der Waals surface area contributed by atoms with Crippen LogP contribution in [-0.2, 0) is 14.9 Å². The molecule has 0 radical (unpaired) electrons. The Hall–Kier alpha value is -3.14. The van der Waals surface area contributed by atoms with Gasteiger partial charge in [-0.2, -0.15) is 5.26 Å². The van der Waals surface area contributed by atoms with E-state index in [4.69, 9.17) is 14.2 Å². The highest BCUT2D eigenvalue weighted by molar-refractivity contribution is 6.20. The molecule has 1 atom stereocenters. The second-order valence-corrected chi connectivity index (χ2v) is 10.6. The van der Waals surface area contributed by atoms with Crippen LogP contribution in [0.3, 0.4) is 0 Å². The number of ether oxygens (including phenoxy) is 3. The smallest absolute Gasteiger partial charge is 0.195 e. The maximum absolute atomic E-state index is 13.7. The van der Waals surface area contributed by atoms with Crippen molar-refractivity contribution in [1.82, 2.24) is 4.98 Å². The minimum atomic E-state index is -0.588. The average Bonchev–Trinajstić information content (AvgIpc) is 3.47. The van der Waals surface area contributed by atoms with E-state index in [1.807, 2.05) is 44.2 Å². The second kappa shape index (κ2) is 7.18. The van der Waals surface area contributed by atoms with Crippen LogP contribution in [0.1, 0.15) is 84.8 Å². The number of carbonyl (C=O) groups is 1. The fourth-order valence-corrected chi connectivity index (χ4v) is 5.51. The number of ketones is 1. The Morgan fingerprint density at radius 1 is 1.18 bits per heavy atom. The van der Waals surface area contributed by atoms with Gasteiger partial charge in [0.1, 0.15) is 18.5 Å². The van der Waals surface area contributed by atoms with Crippen molar-refractivity contribution in [2.24, 2.45) is 0 Å². The number of aromatic amines is 1. The first-order valence-electron chi connectivity index (χ1n) is 11.9. The standard InChI is InChI=1S/C28H28N2O4/c1-27(2)21-11-17(32-13-18-14-33-28(3,4)34-18)8-10-19(21)25(31)23-20-9-7-16(12-29)22(15-5-6-15)24(20)30-26(23)27/h7-11,15,18,30H,5-6,13-14H2,1-4H3. The van der Waals surface area contributed by atoms with E-state index in [0.717, 1.165) is 46.1 Å². The number of fused-ring (bicyclic) bond motifs is 4. The van der Waals surface area contributed by atoms with Gasteiger partial charge in [0.05, 0.1) is 29.3 Å². The van der Waals surface area contributed by atoms with Crippen LogP contribution < -0.4 is 4.74 Å². The summed E-state index contributed by atoms with van der Waals surface area (Å²) in [7, 11) is 0. The van der Waals surface area contributed by atoms with Crippen LogP contribution >= 0.6 is 0 Å².